The summed E-state index contributed by atoms with van der Waals surface area (Å²) in [5, 5.41) is 2.06. The van der Waals surface area contributed by atoms with Gasteiger partial charge in [0.2, 0.25) is 0 Å². The zero-order valence-electron chi connectivity index (χ0n) is 6.66. The molecule has 0 fully saturated rings. The molecule has 0 amide bonds. The molecule has 0 saturated carbocycles. The first-order chi connectivity index (χ1) is 5.33. The van der Waals surface area contributed by atoms with Crippen LogP contribution in [0.3, 0.4) is 0 Å². The SMILES string of the molecule is CCc1nc2sccn2c1C. The molecule has 2 nitrogen and oxygen atoms in total. The maximum atomic E-state index is 4.47. The minimum atomic E-state index is 1.03. The summed E-state index contributed by atoms with van der Waals surface area (Å²) in [6.45, 7) is 4.25. The van der Waals surface area contributed by atoms with Crippen molar-refractivity contribution in [2.75, 3.05) is 0 Å². The minimum absolute atomic E-state index is 1.03. The van der Waals surface area contributed by atoms with Crippen molar-refractivity contribution in [3.8, 4) is 0 Å². The molecule has 0 atom stereocenters. The monoisotopic (exact) mass is 166 g/mol. The number of nitrogens with zero attached hydrogens (tertiary/aromatic N) is 2. The summed E-state index contributed by atoms with van der Waals surface area (Å²) in [5.74, 6) is 0. The third-order valence-electron chi connectivity index (χ3n) is 1.93. The van der Waals surface area contributed by atoms with Crippen LogP contribution in [0.15, 0.2) is 11.6 Å². The zero-order valence-corrected chi connectivity index (χ0v) is 7.48. The molecule has 2 aromatic heterocycles. The van der Waals surface area contributed by atoms with E-state index in [-0.39, 0.29) is 0 Å². The van der Waals surface area contributed by atoms with E-state index in [1.165, 1.54) is 11.4 Å². The predicted octanol–water partition coefficient (Wildman–Crippen LogP) is 2.27. The molecule has 0 unspecified atom stereocenters. The van der Waals surface area contributed by atoms with Crippen molar-refractivity contribution in [1.29, 1.82) is 0 Å². The second kappa shape index (κ2) is 2.34. The normalized spacial score (nSPS) is 11.1. The Hall–Kier alpha value is -0.830. The number of hydrogen-bond acceptors (Lipinski definition) is 2. The van der Waals surface area contributed by atoms with E-state index in [0.717, 1.165) is 11.4 Å². The van der Waals surface area contributed by atoms with Gasteiger partial charge in [-0.05, 0) is 13.3 Å². The first-order valence-electron chi connectivity index (χ1n) is 3.74. The second-order valence-electron chi connectivity index (χ2n) is 2.55. The lowest BCUT2D eigenvalue weighted by molar-refractivity contribution is 1.02. The maximum Gasteiger partial charge on any atom is 0.194 e. The standard InChI is InChI=1S/C8H10N2S/c1-3-7-6(2)10-4-5-11-8(10)9-7/h4-5H,3H2,1-2H3. The van der Waals surface area contributed by atoms with E-state index >= 15 is 0 Å². The van der Waals surface area contributed by atoms with E-state index in [2.05, 4.69) is 34.8 Å². The molecule has 2 aromatic rings. The molecular weight excluding hydrogens is 156 g/mol. The van der Waals surface area contributed by atoms with Gasteiger partial charge in [-0.1, -0.05) is 6.92 Å². The summed E-state index contributed by atoms with van der Waals surface area (Å²) in [7, 11) is 0. The number of hydrogen-bond donors (Lipinski definition) is 0. The van der Waals surface area contributed by atoms with Crippen LogP contribution in [0.5, 0.6) is 0 Å². The van der Waals surface area contributed by atoms with Gasteiger partial charge in [0.05, 0.1) is 5.69 Å². The van der Waals surface area contributed by atoms with Gasteiger partial charge in [-0.3, -0.25) is 4.40 Å². The van der Waals surface area contributed by atoms with Crippen LogP contribution in [0.1, 0.15) is 18.3 Å². The Kier molecular flexibility index (Phi) is 1.46. The van der Waals surface area contributed by atoms with Crippen molar-refractivity contribution in [1.82, 2.24) is 9.38 Å². The van der Waals surface area contributed by atoms with Crippen LogP contribution >= 0.6 is 11.3 Å². The molecule has 58 valence electrons. The Labute approximate surface area is 69.5 Å². The number of fused-ring (bicyclic) bond motifs is 1. The topological polar surface area (TPSA) is 17.3 Å². The maximum absolute atomic E-state index is 4.47. The van der Waals surface area contributed by atoms with E-state index in [1.54, 1.807) is 11.3 Å². The quantitative estimate of drug-likeness (QED) is 0.635. The molecule has 0 spiro atoms. The highest BCUT2D eigenvalue weighted by Gasteiger charge is 2.05. The summed E-state index contributed by atoms with van der Waals surface area (Å²) in [4.78, 5) is 5.58. The zero-order chi connectivity index (χ0) is 7.84. The van der Waals surface area contributed by atoms with E-state index in [1.807, 2.05) is 0 Å². The number of aromatic nitrogens is 2. The third kappa shape index (κ3) is 0.878. The number of rotatable bonds is 1. The summed E-state index contributed by atoms with van der Waals surface area (Å²) < 4.78 is 2.14. The number of thiazole rings is 1. The fraction of sp³-hybridized carbons (Fsp3) is 0.375. The summed E-state index contributed by atoms with van der Waals surface area (Å²) in [5.41, 5.74) is 2.50. The smallest absolute Gasteiger partial charge is 0.194 e. The molecule has 0 aliphatic carbocycles. The van der Waals surface area contributed by atoms with Gasteiger partial charge in [-0.2, -0.15) is 0 Å². The van der Waals surface area contributed by atoms with Crippen LogP contribution in [0.2, 0.25) is 0 Å². The van der Waals surface area contributed by atoms with Crippen molar-refractivity contribution < 1.29 is 0 Å². The van der Waals surface area contributed by atoms with Crippen molar-refractivity contribution >= 4 is 16.3 Å². The van der Waals surface area contributed by atoms with E-state index < -0.39 is 0 Å². The van der Waals surface area contributed by atoms with Crippen LogP contribution in [0, 0.1) is 6.92 Å². The van der Waals surface area contributed by atoms with Crippen molar-refractivity contribution in [2.24, 2.45) is 0 Å². The van der Waals surface area contributed by atoms with Crippen LogP contribution < -0.4 is 0 Å². The first kappa shape index (κ1) is 6.85. The van der Waals surface area contributed by atoms with Crippen LogP contribution in [-0.2, 0) is 6.42 Å². The van der Waals surface area contributed by atoms with E-state index in [0.29, 0.717) is 0 Å². The van der Waals surface area contributed by atoms with E-state index in [9.17, 15) is 0 Å². The van der Waals surface area contributed by atoms with E-state index in [4.69, 9.17) is 0 Å². The average Bonchev–Trinajstić information content (AvgIpc) is 2.53. The highest BCUT2D eigenvalue weighted by Crippen LogP contribution is 2.16. The number of aryl methyl sites for hydroxylation is 2. The molecule has 0 radical (unpaired) electrons. The van der Waals surface area contributed by atoms with Crippen LogP contribution in [0.4, 0.5) is 0 Å². The summed E-state index contributed by atoms with van der Waals surface area (Å²) >= 11 is 1.69. The highest BCUT2D eigenvalue weighted by atomic mass is 32.1. The lowest BCUT2D eigenvalue weighted by atomic mass is 10.3. The van der Waals surface area contributed by atoms with Gasteiger partial charge in [-0.25, -0.2) is 4.98 Å². The molecule has 2 rings (SSSR count). The van der Waals surface area contributed by atoms with Gasteiger partial charge in [-0.15, -0.1) is 11.3 Å². The van der Waals surface area contributed by atoms with Crippen LogP contribution in [-0.4, -0.2) is 9.38 Å². The van der Waals surface area contributed by atoms with Crippen LogP contribution in [0.25, 0.3) is 4.96 Å². The summed E-state index contributed by atoms with van der Waals surface area (Å²) in [6, 6.07) is 0. The predicted molar refractivity (Wildman–Crippen MR) is 47.2 cm³/mol. The Morgan fingerprint density at radius 1 is 1.64 bits per heavy atom. The molecule has 0 aliphatic heterocycles. The lowest BCUT2D eigenvalue weighted by Crippen LogP contribution is -1.85. The molecule has 11 heavy (non-hydrogen) atoms. The minimum Gasteiger partial charge on any atom is -0.295 e. The van der Waals surface area contributed by atoms with Crippen molar-refractivity contribution in [3.63, 3.8) is 0 Å². The first-order valence-corrected chi connectivity index (χ1v) is 4.62. The second-order valence-corrected chi connectivity index (χ2v) is 3.43. The van der Waals surface area contributed by atoms with Gasteiger partial charge < -0.3 is 0 Å². The molecular formula is C8H10N2S. The molecule has 0 aliphatic rings. The molecule has 0 aromatic carbocycles. The average molecular weight is 166 g/mol. The fourth-order valence-electron chi connectivity index (χ4n) is 1.28. The van der Waals surface area contributed by atoms with Crippen molar-refractivity contribution in [2.45, 2.75) is 20.3 Å². The van der Waals surface area contributed by atoms with Gasteiger partial charge in [0.1, 0.15) is 0 Å². The molecule has 0 saturated heterocycles. The molecule has 0 bridgehead atoms. The van der Waals surface area contributed by atoms with Gasteiger partial charge in [0.15, 0.2) is 4.96 Å². The Morgan fingerprint density at radius 3 is 3.09 bits per heavy atom. The van der Waals surface area contributed by atoms with Gasteiger partial charge >= 0.3 is 0 Å². The van der Waals surface area contributed by atoms with Crippen molar-refractivity contribution in [3.05, 3.63) is 23.0 Å². The third-order valence-corrected chi connectivity index (χ3v) is 2.69. The Balaban J connectivity index is 2.76. The molecule has 3 heteroatoms. The molecule has 2 heterocycles. The lowest BCUT2D eigenvalue weighted by Gasteiger charge is -1.90. The highest BCUT2D eigenvalue weighted by molar-refractivity contribution is 7.15. The Morgan fingerprint density at radius 2 is 2.45 bits per heavy atom. The molecule has 0 N–H and O–H groups in total. The summed E-state index contributed by atoms with van der Waals surface area (Å²) in [6.07, 6.45) is 3.10. The largest absolute Gasteiger partial charge is 0.295 e. The number of imidazole rings is 1. The Bertz CT molecular complexity index is 372. The van der Waals surface area contributed by atoms with Gasteiger partial charge in [0, 0.05) is 17.3 Å². The fourth-order valence-corrected chi connectivity index (χ4v) is 2.06. The van der Waals surface area contributed by atoms with Gasteiger partial charge in [0.25, 0.3) is 0 Å².